The molecule has 2 rings (SSSR count). The molecular weight excluding hydrogens is 190 g/mol. The maximum absolute atomic E-state index is 5.05. The highest BCUT2D eigenvalue weighted by Gasteiger charge is 2.06. The Hall–Kier alpha value is -1.42. The molecule has 4 heteroatoms. The molecule has 0 saturated carbocycles. The van der Waals surface area contributed by atoms with Gasteiger partial charge in [-0.2, -0.15) is 0 Å². The fourth-order valence-corrected chi connectivity index (χ4v) is 1.41. The van der Waals surface area contributed by atoms with Gasteiger partial charge in [0.05, 0.1) is 11.1 Å². The first-order valence-corrected chi connectivity index (χ1v) is 5.11. The van der Waals surface area contributed by atoms with E-state index in [2.05, 4.69) is 35.4 Å². The molecule has 0 aromatic carbocycles. The lowest BCUT2D eigenvalue weighted by Gasteiger charge is -2.07. The summed E-state index contributed by atoms with van der Waals surface area (Å²) in [4.78, 5) is 4.21. The molecule has 0 bridgehead atoms. The predicted molar refractivity (Wildman–Crippen MR) is 58.5 cm³/mol. The van der Waals surface area contributed by atoms with Crippen LogP contribution in [0.25, 0.3) is 11.1 Å². The molecule has 0 saturated heterocycles. The number of aryl methyl sites for hydroxylation is 1. The molecule has 4 nitrogen and oxygen atoms in total. The van der Waals surface area contributed by atoms with Crippen molar-refractivity contribution in [2.24, 2.45) is 0 Å². The van der Waals surface area contributed by atoms with Crippen LogP contribution in [0.3, 0.4) is 0 Å². The Labute approximate surface area is 88.7 Å². The van der Waals surface area contributed by atoms with Crippen LogP contribution in [0.1, 0.15) is 25.1 Å². The molecule has 0 radical (unpaired) electrons. The summed E-state index contributed by atoms with van der Waals surface area (Å²) in [6, 6.07) is 2.55. The molecule has 0 unspecified atom stereocenters. The Bertz CT molecular complexity index is 462. The molecule has 0 spiro atoms. The number of hydrogen-bond acceptors (Lipinski definition) is 4. The summed E-state index contributed by atoms with van der Waals surface area (Å²) >= 11 is 0. The van der Waals surface area contributed by atoms with E-state index in [1.165, 1.54) is 0 Å². The standard InChI is InChI=1S/C11H15N3O/c1-7(2)12-5-9-4-10-8(3)14-15-11(10)13-6-9/h4,6-7,12H,5H2,1-3H3. The highest BCUT2D eigenvalue weighted by atomic mass is 16.5. The molecule has 2 aromatic heterocycles. The second-order valence-corrected chi connectivity index (χ2v) is 4.00. The van der Waals surface area contributed by atoms with Gasteiger partial charge in [-0.05, 0) is 18.6 Å². The third-order valence-electron chi connectivity index (χ3n) is 2.28. The van der Waals surface area contributed by atoms with E-state index in [1.54, 1.807) is 0 Å². The lowest BCUT2D eigenvalue weighted by molar-refractivity contribution is 0.442. The van der Waals surface area contributed by atoms with E-state index < -0.39 is 0 Å². The van der Waals surface area contributed by atoms with E-state index in [0.717, 1.165) is 23.2 Å². The highest BCUT2D eigenvalue weighted by molar-refractivity contribution is 5.75. The minimum absolute atomic E-state index is 0.476. The van der Waals surface area contributed by atoms with Gasteiger partial charge in [-0.25, -0.2) is 4.98 Å². The van der Waals surface area contributed by atoms with Gasteiger partial charge in [0.25, 0.3) is 5.71 Å². The third kappa shape index (κ3) is 2.15. The summed E-state index contributed by atoms with van der Waals surface area (Å²) in [6.07, 6.45) is 1.82. The van der Waals surface area contributed by atoms with Gasteiger partial charge in [-0.15, -0.1) is 0 Å². The van der Waals surface area contributed by atoms with Crippen LogP contribution < -0.4 is 5.32 Å². The molecule has 2 aromatic rings. The zero-order valence-corrected chi connectivity index (χ0v) is 9.24. The summed E-state index contributed by atoms with van der Waals surface area (Å²) < 4.78 is 5.05. The zero-order valence-electron chi connectivity index (χ0n) is 9.24. The Morgan fingerprint density at radius 1 is 1.47 bits per heavy atom. The number of fused-ring (bicyclic) bond motifs is 1. The summed E-state index contributed by atoms with van der Waals surface area (Å²) in [5.41, 5.74) is 2.66. The highest BCUT2D eigenvalue weighted by Crippen LogP contribution is 2.16. The maximum atomic E-state index is 5.05. The number of rotatable bonds is 3. The minimum Gasteiger partial charge on any atom is -0.336 e. The Morgan fingerprint density at radius 2 is 2.27 bits per heavy atom. The molecule has 0 amide bonds. The zero-order chi connectivity index (χ0) is 10.8. The van der Waals surface area contributed by atoms with Crippen molar-refractivity contribution >= 4 is 11.1 Å². The second kappa shape index (κ2) is 3.98. The number of aromatic nitrogens is 2. The van der Waals surface area contributed by atoms with Gasteiger partial charge < -0.3 is 9.84 Å². The average Bonchev–Trinajstić information content (AvgIpc) is 2.57. The Balaban J connectivity index is 2.25. The molecule has 0 fully saturated rings. The largest absolute Gasteiger partial charge is 0.336 e. The van der Waals surface area contributed by atoms with Crippen molar-refractivity contribution in [1.29, 1.82) is 0 Å². The quantitative estimate of drug-likeness (QED) is 0.833. The van der Waals surface area contributed by atoms with Crippen molar-refractivity contribution in [1.82, 2.24) is 15.5 Å². The maximum Gasteiger partial charge on any atom is 0.257 e. The van der Waals surface area contributed by atoms with Crippen molar-refractivity contribution in [3.05, 3.63) is 23.5 Å². The van der Waals surface area contributed by atoms with Crippen LogP contribution in [0.4, 0.5) is 0 Å². The third-order valence-corrected chi connectivity index (χ3v) is 2.28. The lowest BCUT2D eigenvalue weighted by Crippen LogP contribution is -2.21. The van der Waals surface area contributed by atoms with Crippen LogP contribution in [0, 0.1) is 6.92 Å². The number of pyridine rings is 1. The van der Waals surface area contributed by atoms with Gasteiger partial charge in [0.15, 0.2) is 0 Å². The molecule has 0 aliphatic carbocycles. The van der Waals surface area contributed by atoms with Crippen LogP contribution >= 0.6 is 0 Å². The van der Waals surface area contributed by atoms with Gasteiger partial charge in [0.1, 0.15) is 0 Å². The summed E-state index contributed by atoms with van der Waals surface area (Å²) in [5, 5.41) is 8.22. The van der Waals surface area contributed by atoms with Crippen molar-refractivity contribution in [3.63, 3.8) is 0 Å². The van der Waals surface area contributed by atoms with Crippen molar-refractivity contribution < 1.29 is 4.52 Å². The van der Waals surface area contributed by atoms with Gasteiger partial charge in [0, 0.05) is 18.8 Å². The van der Waals surface area contributed by atoms with Crippen molar-refractivity contribution in [2.75, 3.05) is 0 Å². The van der Waals surface area contributed by atoms with E-state index in [4.69, 9.17) is 4.52 Å². The fourth-order valence-electron chi connectivity index (χ4n) is 1.41. The van der Waals surface area contributed by atoms with Crippen LogP contribution in [-0.2, 0) is 6.54 Å². The van der Waals surface area contributed by atoms with Crippen molar-refractivity contribution in [2.45, 2.75) is 33.4 Å². The minimum atomic E-state index is 0.476. The van der Waals surface area contributed by atoms with Crippen LogP contribution in [0.2, 0.25) is 0 Å². The second-order valence-electron chi connectivity index (χ2n) is 4.00. The normalized spacial score (nSPS) is 11.5. The monoisotopic (exact) mass is 205 g/mol. The van der Waals surface area contributed by atoms with Crippen LogP contribution in [0.15, 0.2) is 16.8 Å². The molecule has 80 valence electrons. The smallest absolute Gasteiger partial charge is 0.257 e. The molecule has 2 heterocycles. The average molecular weight is 205 g/mol. The summed E-state index contributed by atoms with van der Waals surface area (Å²) in [5.74, 6) is 0. The SMILES string of the molecule is Cc1noc2ncc(CNC(C)C)cc12. The van der Waals surface area contributed by atoms with E-state index in [-0.39, 0.29) is 0 Å². The van der Waals surface area contributed by atoms with Gasteiger partial charge in [-0.1, -0.05) is 19.0 Å². The first kappa shape index (κ1) is 10.1. The first-order valence-electron chi connectivity index (χ1n) is 5.11. The first-order chi connectivity index (χ1) is 7.16. The molecule has 0 aliphatic heterocycles. The Kier molecular flexibility index (Phi) is 2.68. The molecule has 1 N–H and O–H groups in total. The topological polar surface area (TPSA) is 51.0 Å². The van der Waals surface area contributed by atoms with Gasteiger partial charge >= 0.3 is 0 Å². The summed E-state index contributed by atoms with van der Waals surface area (Å²) in [6.45, 7) is 6.99. The number of nitrogens with one attached hydrogen (secondary N) is 1. The number of nitrogens with zero attached hydrogens (tertiary/aromatic N) is 2. The lowest BCUT2D eigenvalue weighted by atomic mass is 10.2. The van der Waals surface area contributed by atoms with Crippen LogP contribution in [-0.4, -0.2) is 16.2 Å². The molecular formula is C11H15N3O. The number of hydrogen-bond donors (Lipinski definition) is 1. The fraction of sp³-hybridized carbons (Fsp3) is 0.455. The molecule has 0 atom stereocenters. The van der Waals surface area contributed by atoms with Crippen molar-refractivity contribution in [3.8, 4) is 0 Å². The Morgan fingerprint density at radius 3 is 3.00 bits per heavy atom. The molecule has 0 aliphatic rings. The van der Waals surface area contributed by atoms with Gasteiger partial charge in [-0.3, -0.25) is 0 Å². The summed E-state index contributed by atoms with van der Waals surface area (Å²) in [7, 11) is 0. The predicted octanol–water partition coefficient (Wildman–Crippen LogP) is 2.03. The van der Waals surface area contributed by atoms with Gasteiger partial charge in [0.2, 0.25) is 0 Å². The van der Waals surface area contributed by atoms with E-state index in [0.29, 0.717) is 11.8 Å². The van der Waals surface area contributed by atoms with Crippen LogP contribution in [0.5, 0.6) is 0 Å². The van der Waals surface area contributed by atoms with E-state index in [9.17, 15) is 0 Å². The molecule has 15 heavy (non-hydrogen) atoms. The van der Waals surface area contributed by atoms with E-state index >= 15 is 0 Å². The van der Waals surface area contributed by atoms with E-state index in [1.807, 2.05) is 13.1 Å².